The molecule has 5 nitrogen and oxygen atoms in total. The van der Waals surface area contributed by atoms with Crippen LogP contribution in [0.1, 0.15) is 32.6 Å². The van der Waals surface area contributed by atoms with Crippen LogP contribution in [0.15, 0.2) is 0 Å². The summed E-state index contributed by atoms with van der Waals surface area (Å²) in [5.41, 5.74) is 0.0931. The third-order valence-corrected chi connectivity index (χ3v) is 4.07. The molecular weight excluding hydrogens is 222 g/mol. The predicted octanol–water partition coefficient (Wildman–Crippen LogP) is 0.879. The number of amides is 1. The van der Waals surface area contributed by atoms with Crippen LogP contribution >= 0.6 is 0 Å². The Labute approximate surface area is 101 Å². The quantitative estimate of drug-likeness (QED) is 0.740. The summed E-state index contributed by atoms with van der Waals surface area (Å²) in [7, 11) is 0. The van der Waals surface area contributed by atoms with Crippen molar-refractivity contribution < 1.29 is 19.4 Å². The molecule has 17 heavy (non-hydrogen) atoms. The van der Waals surface area contributed by atoms with E-state index in [4.69, 9.17) is 9.84 Å². The van der Waals surface area contributed by atoms with Crippen molar-refractivity contribution in [3.63, 3.8) is 0 Å². The van der Waals surface area contributed by atoms with Gasteiger partial charge in [0.1, 0.15) is 6.04 Å². The molecule has 0 aromatic heterocycles. The number of nitrogens with zero attached hydrogens (tertiary/aromatic N) is 1. The summed E-state index contributed by atoms with van der Waals surface area (Å²) in [5, 5.41) is 9.13. The third kappa shape index (κ3) is 2.44. The van der Waals surface area contributed by atoms with Crippen LogP contribution in [0.25, 0.3) is 0 Å². The SMILES string of the molecule is CC(=O)N1CC2(CCOCC2)CCC1C(=O)O. The minimum absolute atomic E-state index is 0.0931. The highest BCUT2D eigenvalue weighted by Gasteiger charge is 2.43. The van der Waals surface area contributed by atoms with Crippen molar-refractivity contribution in [1.82, 2.24) is 4.90 Å². The summed E-state index contributed by atoms with van der Waals surface area (Å²) >= 11 is 0. The van der Waals surface area contributed by atoms with Crippen molar-refractivity contribution in [2.75, 3.05) is 19.8 Å². The van der Waals surface area contributed by atoms with E-state index < -0.39 is 12.0 Å². The summed E-state index contributed by atoms with van der Waals surface area (Å²) in [5.74, 6) is -1.02. The number of carbonyl (C=O) groups is 2. The Morgan fingerprint density at radius 1 is 1.29 bits per heavy atom. The number of carbonyl (C=O) groups excluding carboxylic acids is 1. The van der Waals surface area contributed by atoms with Crippen molar-refractivity contribution in [3.05, 3.63) is 0 Å². The lowest BCUT2D eigenvalue weighted by molar-refractivity contribution is -0.156. The highest BCUT2D eigenvalue weighted by atomic mass is 16.5. The summed E-state index contributed by atoms with van der Waals surface area (Å²) in [6.45, 7) is 3.48. The number of carboxylic acid groups (broad SMARTS) is 1. The summed E-state index contributed by atoms with van der Waals surface area (Å²) < 4.78 is 5.35. The molecule has 96 valence electrons. The lowest BCUT2D eigenvalue weighted by Crippen LogP contribution is -2.55. The van der Waals surface area contributed by atoms with Crippen LogP contribution in [0.5, 0.6) is 0 Å². The third-order valence-electron chi connectivity index (χ3n) is 4.07. The molecule has 1 unspecified atom stereocenters. The maximum absolute atomic E-state index is 11.6. The van der Waals surface area contributed by atoms with Gasteiger partial charge in [0.15, 0.2) is 0 Å². The fourth-order valence-electron chi connectivity index (χ4n) is 2.95. The first-order chi connectivity index (χ1) is 8.04. The van der Waals surface area contributed by atoms with Crippen molar-refractivity contribution in [1.29, 1.82) is 0 Å². The monoisotopic (exact) mass is 241 g/mol. The molecule has 0 saturated carbocycles. The fourth-order valence-corrected chi connectivity index (χ4v) is 2.95. The Balaban J connectivity index is 2.13. The minimum atomic E-state index is -0.887. The summed E-state index contributed by atoms with van der Waals surface area (Å²) in [6.07, 6.45) is 3.32. The zero-order valence-electron chi connectivity index (χ0n) is 10.1. The van der Waals surface area contributed by atoms with Crippen LogP contribution in [0.3, 0.4) is 0 Å². The zero-order valence-corrected chi connectivity index (χ0v) is 10.1. The van der Waals surface area contributed by atoms with E-state index in [2.05, 4.69) is 0 Å². The van der Waals surface area contributed by atoms with Gasteiger partial charge in [0.25, 0.3) is 0 Å². The van der Waals surface area contributed by atoms with Gasteiger partial charge in [-0.05, 0) is 31.1 Å². The Morgan fingerprint density at radius 2 is 1.94 bits per heavy atom. The maximum Gasteiger partial charge on any atom is 0.326 e. The van der Waals surface area contributed by atoms with Gasteiger partial charge in [-0.1, -0.05) is 0 Å². The standard InChI is InChI=1S/C12H19NO4/c1-9(14)13-8-12(4-6-17-7-5-12)3-2-10(13)11(15)16/h10H,2-8H2,1H3,(H,15,16). The molecule has 0 radical (unpaired) electrons. The van der Waals surface area contributed by atoms with Crippen LogP contribution in [-0.2, 0) is 14.3 Å². The van der Waals surface area contributed by atoms with Gasteiger partial charge in [-0.25, -0.2) is 4.79 Å². The first kappa shape index (κ1) is 12.4. The maximum atomic E-state index is 11.6. The van der Waals surface area contributed by atoms with E-state index in [1.54, 1.807) is 0 Å². The molecular formula is C12H19NO4. The average Bonchev–Trinajstić information content (AvgIpc) is 2.29. The van der Waals surface area contributed by atoms with E-state index in [-0.39, 0.29) is 11.3 Å². The Morgan fingerprint density at radius 3 is 2.47 bits per heavy atom. The lowest BCUT2D eigenvalue weighted by atomic mass is 9.72. The Kier molecular flexibility index (Phi) is 3.38. The van der Waals surface area contributed by atoms with Crippen LogP contribution in [0.4, 0.5) is 0 Å². The molecule has 0 aliphatic carbocycles. The summed E-state index contributed by atoms with van der Waals surface area (Å²) in [6, 6.07) is -0.638. The molecule has 0 bridgehead atoms. The van der Waals surface area contributed by atoms with E-state index >= 15 is 0 Å². The fraction of sp³-hybridized carbons (Fsp3) is 0.833. The van der Waals surface area contributed by atoms with Gasteiger partial charge in [-0.3, -0.25) is 4.79 Å². The van der Waals surface area contributed by atoms with E-state index in [9.17, 15) is 9.59 Å². The van der Waals surface area contributed by atoms with Crippen LogP contribution in [0.2, 0.25) is 0 Å². The topological polar surface area (TPSA) is 66.8 Å². The minimum Gasteiger partial charge on any atom is -0.480 e. The van der Waals surface area contributed by atoms with Crippen molar-refractivity contribution in [2.24, 2.45) is 5.41 Å². The molecule has 0 aromatic carbocycles. The average molecular weight is 241 g/mol. The summed E-state index contributed by atoms with van der Waals surface area (Å²) in [4.78, 5) is 24.2. The second-order valence-electron chi connectivity index (χ2n) is 5.15. The Hall–Kier alpha value is -1.10. The molecule has 2 saturated heterocycles. The molecule has 0 aromatic rings. The van der Waals surface area contributed by atoms with Crippen LogP contribution < -0.4 is 0 Å². The number of aliphatic carboxylic acids is 1. The van der Waals surface area contributed by atoms with Gasteiger partial charge in [0.05, 0.1) is 0 Å². The van der Waals surface area contributed by atoms with Crippen LogP contribution in [-0.4, -0.2) is 47.7 Å². The number of piperidine rings is 1. The smallest absolute Gasteiger partial charge is 0.326 e. The van der Waals surface area contributed by atoms with Gasteiger partial charge < -0.3 is 14.7 Å². The number of hydrogen-bond donors (Lipinski definition) is 1. The van der Waals surface area contributed by atoms with E-state index in [1.165, 1.54) is 11.8 Å². The number of rotatable bonds is 1. The Bertz CT molecular complexity index is 322. The molecule has 2 aliphatic heterocycles. The largest absolute Gasteiger partial charge is 0.480 e. The molecule has 2 fully saturated rings. The van der Waals surface area contributed by atoms with Gasteiger partial charge >= 0.3 is 5.97 Å². The number of ether oxygens (including phenoxy) is 1. The first-order valence-electron chi connectivity index (χ1n) is 6.12. The highest BCUT2D eigenvalue weighted by molar-refractivity contribution is 5.82. The van der Waals surface area contributed by atoms with Crippen molar-refractivity contribution in [3.8, 4) is 0 Å². The highest BCUT2D eigenvalue weighted by Crippen LogP contribution is 2.41. The molecule has 2 aliphatic rings. The van der Waals surface area contributed by atoms with Gasteiger partial charge in [-0.2, -0.15) is 0 Å². The molecule has 1 spiro atoms. The van der Waals surface area contributed by atoms with E-state index in [0.29, 0.717) is 13.0 Å². The molecule has 2 heterocycles. The predicted molar refractivity (Wildman–Crippen MR) is 60.5 cm³/mol. The van der Waals surface area contributed by atoms with Gasteiger partial charge in [0.2, 0.25) is 5.91 Å². The number of carboxylic acids is 1. The van der Waals surface area contributed by atoms with Gasteiger partial charge in [0, 0.05) is 26.7 Å². The second kappa shape index (κ2) is 4.64. The molecule has 2 rings (SSSR count). The second-order valence-corrected chi connectivity index (χ2v) is 5.15. The molecule has 1 atom stereocenters. The molecule has 1 amide bonds. The normalized spacial score (nSPS) is 28.1. The van der Waals surface area contributed by atoms with Crippen molar-refractivity contribution >= 4 is 11.9 Å². The molecule has 1 N–H and O–H groups in total. The van der Waals surface area contributed by atoms with Crippen LogP contribution in [0, 0.1) is 5.41 Å². The van der Waals surface area contributed by atoms with E-state index in [1.807, 2.05) is 0 Å². The molecule has 5 heteroatoms. The van der Waals surface area contributed by atoms with Gasteiger partial charge in [-0.15, -0.1) is 0 Å². The number of likely N-dealkylation sites (tertiary alicyclic amines) is 1. The lowest BCUT2D eigenvalue weighted by Gasteiger charge is -2.47. The van der Waals surface area contributed by atoms with Crippen molar-refractivity contribution in [2.45, 2.75) is 38.6 Å². The number of hydrogen-bond acceptors (Lipinski definition) is 3. The van der Waals surface area contributed by atoms with E-state index in [0.717, 1.165) is 32.5 Å². The first-order valence-corrected chi connectivity index (χ1v) is 6.12. The zero-order chi connectivity index (χ0) is 12.5.